The van der Waals surface area contributed by atoms with E-state index in [0.29, 0.717) is 23.2 Å². The Morgan fingerprint density at radius 1 is 1.14 bits per heavy atom. The smallest absolute Gasteiger partial charge is 0.200 e. The molecule has 0 aliphatic heterocycles. The predicted molar refractivity (Wildman–Crippen MR) is 115 cm³/mol. The molecule has 0 saturated carbocycles. The Morgan fingerprint density at radius 2 is 2.00 bits per heavy atom. The molecule has 5 rings (SSSR count). The van der Waals surface area contributed by atoms with Crippen LogP contribution in [0.4, 0.5) is 0 Å². The number of benzene rings is 1. The van der Waals surface area contributed by atoms with Gasteiger partial charge in [0.1, 0.15) is 16.2 Å². The molecule has 0 atom stereocenters. The average molecular weight is 440 g/mol. The van der Waals surface area contributed by atoms with Crippen LogP contribution in [0.5, 0.6) is 0 Å². The van der Waals surface area contributed by atoms with E-state index in [0.717, 1.165) is 31.5 Å². The summed E-state index contributed by atoms with van der Waals surface area (Å²) in [6.45, 7) is 2.77. The molecule has 144 valence electrons. The topological polar surface area (TPSA) is 69.6 Å². The van der Waals surface area contributed by atoms with Crippen molar-refractivity contribution in [2.75, 3.05) is 0 Å². The van der Waals surface area contributed by atoms with Gasteiger partial charge in [-0.3, -0.25) is 4.57 Å². The lowest BCUT2D eigenvalue weighted by atomic mass is 10.1. The molecule has 0 aliphatic rings. The van der Waals surface area contributed by atoms with E-state index in [1.54, 1.807) is 23.9 Å². The highest BCUT2D eigenvalue weighted by atomic mass is 35.5. The van der Waals surface area contributed by atoms with E-state index in [9.17, 15) is 0 Å². The van der Waals surface area contributed by atoms with E-state index >= 15 is 0 Å². The van der Waals surface area contributed by atoms with Crippen LogP contribution < -0.4 is 0 Å². The molecule has 29 heavy (non-hydrogen) atoms. The maximum absolute atomic E-state index is 6.06. The lowest BCUT2D eigenvalue weighted by molar-refractivity contribution is 0.567. The number of thiophene rings is 1. The third-order valence-corrected chi connectivity index (χ3v) is 6.58. The molecule has 0 radical (unpaired) electrons. The van der Waals surface area contributed by atoms with Crippen LogP contribution in [0.2, 0.25) is 5.02 Å². The Labute approximate surface area is 179 Å². The van der Waals surface area contributed by atoms with Gasteiger partial charge in [0, 0.05) is 22.5 Å². The van der Waals surface area contributed by atoms with E-state index in [-0.39, 0.29) is 0 Å². The zero-order chi connectivity index (χ0) is 19.8. The molecule has 0 aliphatic carbocycles. The Bertz CT molecular complexity index is 1280. The third-order valence-electron chi connectivity index (χ3n) is 4.45. The van der Waals surface area contributed by atoms with Gasteiger partial charge in [-0.15, -0.1) is 21.5 Å². The summed E-state index contributed by atoms with van der Waals surface area (Å²) in [7, 11) is 0. The fourth-order valence-electron chi connectivity index (χ4n) is 3.09. The van der Waals surface area contributed by atoms with Gasteiger partial charge in [-0.1, -0.05) is 23.7 Å². The van der Waals surface area contributed by atoms with Crippen LogP contribution in [0.15, 0.2) is 69.0 Å². The first kappa shape index (κ1) is 18.4. The van der Waals surface area contributed by atoms with Gasteiger partial charge in [-0.25, -0.2) is 9.97 Å². The molecule has 4 heterocycles. The highest BCUT2D eigenvalue weighted by Gasteiger charge is 2.19. The summed E-state index contributed by atoms with van der Waals surface area (Å²) in [5, 5.41) is 14.1. The van der Waals surface area contributed by atoms with Crippen molar-refractivity contribution in [3.63, 3.8) is 0 Å². The van der Waals surface area contributed by atoms with Crippen LogP contribution >= 0.6 is 34.7 Å². The van der Waals surface area contributed by atoms with Crippen LogP contribution in [-0.2, 0) is 6.54 Å². The number of aromatic nitrogens is 5. The molecule has 0 unspecified atom stereocenters. The SMILES string of the molecule is CCn1c(Sc2ncnc3scc(-c4ccc(Cl)cc4)c23)nnc1-c1ccco1. The molecule has 0 spiro atoms. The van der Waals surface area contributed by atoms with Crippen molar-refractivity contribution in [1.29, 1.82) is 0 Å². The number of fused-ring (bicyclic) bond motifs is 1. The molecule has 0 fully saturated rings. The van der Waals surface area contributed by atoms with Crippen LogP contribution in [-0.4, -0.2) is 24.7 Å². The van der Waals surface area contributed by atoms with Crippen molar-refractivity contribution >= 4 is 44.9 Å². The van der Waals surface area contributed by atoms with E-state index in [1.165, 1.54) is 11.8 Å². The standard InChI is InChI=1S/C20H14ClN5OS2/c1-2-26-17(15-4-3-9-27-15)24-25-20(26)29-19-16-14(10-28-18(16)22-11-23-19)12-5-7-13(21)8-6-12/h3-11H,2H2,1H3. The quantitative estimate of drug-likeness (QED) is 0.311. The van der Waals surface area contributed by atoms with Crippen LogP contribution in [0.25, 0.3) is 32.9 Å². The second-order valence-corrected chi connectivity index (χ2v) is 8.40. The number of hydrogen-bond acceptors (Lipinski definition) is 7. The van der Waals surface area contributed by atoms with Crippen molar-refractivity contribution in [1.82, 2.24) is 24.7 Å². The normalized spacial score (nSPS) is 11.4. The first-order valence-corrected chi connectivity index (χ1v) is 10.9. The van der Waals surface area contributed by atoms with Gasteiger partial charge in [-0.05, 0) is 48.5 Å². The zero-order valence-electron chi connectivity index (χ0n) is 15.2. The minimum atomic E-state index is 0.691. The average Bonchev–Trinajstić information content (AvgIpc) is 3.48. The highest BCUT2D eigenvalue weighted by molar-refractivity contribution is 7.99. The van der Waals surface area contributed by atoms with Gasteiger partial charge in [0.25, 0.3) is 0 Å². The predicted octanol–water partition coefficient (Wildman–Crippen LogP) is 6.03. The van der Waals surface area contributed by atoms with E-state index in [2.05, 4.69) is 32.5 Å². The molecule has 4 aromatic heterocycles. The van der Waals surface area contributed by atoms with Gasteiger partial charge in [0.05, 0.1) is 11.6 Å². The van der Waals surface area contributed by atoms with Gasteiger partial charge >= 0.3 is 0 Å². The molecule has 0 N–H and O–H groups in total. The Hall–Kier alpha value is -2.68. The lowest BCUT2D eigenvalue weighted by Crippen LogP contribution is -1.99. The molecule has 1 aromatic carbocycles. The second kappa shape index (κ2) is 7.62. The van der Waals surface area contributed by atoms with Gasteiger partial charge in [0.2, 0.25) is 0 Å². The summed E-state index contributed by atoms with van der Waals surface area (Å²) in [6.07, 6.45) is 3.22. The Morgan fingerprint density at radius 3 is 2.76 bits per heavy atom. The summed E-state index contributed by atoms with van der Waals surface area (Å²) in [6, 6.07) is 11.5. The molecule has 0 saturated heterocycles. The Kier molecular flexibility index (Phi) is 4.83. The van der Waals surface area contributed by atoms with Crippen molar-refractivity contribution < 1.29 is 4.42 Å². The highest BCUT2D eigenvalue weighted by Crippen LogP contribution is 2.40. The van der Waals surface area contributed by atoms with Crippen molar-refractivity contribution in [3.05, 3.63) is 59.4 Å². The summed E-state index contributed by atoms with van der Waals surface area (Å²) < 4.78 is 7.52. The largest absolute Gasteiger partial charge is 0.461 e. The van der Waals surface area contributed by atoms with Crippen LogP contribution in [0, 0.1) is 0 Å². The number of halogens is 1. The molecular weight excluding hydrogens is 426 g/mol. The summed E-state index contributed by atoms with van der Waals surface area (Å²) >= 11 is 9.13. The molecule has 9 heteroatoms. The maximum atomic E-state index is 6.06. The lowest BCUT2D eigenvalue weighted by Gasteiger charge is -2.07. The first-order chi connectivity index (χ1) is 14.2. The minimum Gasteiger partial charge on any atom is -0.461 e. The van der Waals surface area contributed by atoms with Crippen molar-refractivity contribution in [3.8, 4) is 22.7 Å². The zero-order valence-corrected chi connectivity index (χ0v) is 17.6. The fraction of sp³-hybridized carbons (Fsp3) is 0.100. The fourth-order valence-corrected chi connectivity index (χ4v) is 5.19. The summed E-state index contributed by atoms with van der Waals surface area (Å²) in [4.78, 5) is 9.93. The van der Waals surface area contributed by atoms with Gasteiger partial charge < -0.3 is 4.42 Å². The monoisotopic (exact) mass is 439 g/mol. The molecule has 6 nitrogen and oxygen atoms in total. The first-order valence-electron chi connectivity index (χ1n) is 8.87. The summed E-state index contributed by atoms with van der Waals surface area (Å²) in [5.74, 6) is 1.39. The minimum absolute atomic E-state index is 0.691. The second-order valence-electron chi connectivity index (χ2n) is 6.15. The molecule has 5 aromatic rings. The van der Waals surface area contributed by atoms with E-state index < -0.39 is 0 Å². The number of hydrogen-bond donors (Lipinski definition) is 0. The van der Waals surface area contributed by atoms with Crippen molar-refractivity contribution in [2.24, 2.45) is 0 Å². The van der Waals surface area contributed by atoms with Crippen molar-refractivity contribution in [2.45, 2.75) is 23.7 Å². The molecule has 0 bridgehead atoms. The van der Waals surface area contributed by atoms with Gasteiger partial charge in [-0.2, -0.15) is 0 Å². The molecular formula is C20H14ClN5OS2. The molecule has 0 amide bonds. The van der Waals surface area contributed by atoms with E-state index in [4.69, 9.17) is 16.0 Å². The van der Waals surface area contributed by atoms with Crippen LogP contribution in [0.3, 0.4) is 0 Å². The van der Waals surface area contributed by atoms with Crippen LogP contribution in [0.1, 0.15) is 6.92 Å². The Balaban J connectivity index is 1.60. The number of nitrogens with zero attached hydrogens (tertiary/aromatic N) is 5. The number of furan rings is 1. The summed E-state index contributed by atoms with van der Waals surface area (Å²) in [5.41, 5.74) is 2.16. The third kappa shape index (κ3) is 3.33. The maximum Gasteiger partial charge on any atom is 0.200 e. The van der Waals surface area contributed by atoms with E-state index in [1.807, 2.05) is 41.0 Å². The van der Waals surface area contributed by atoms with Gasteiger partial charge in [0.15, 0.2) is 16.7 Å². The number of rotatable bonds is 5.